The van der Waals surface area contributed by atoms with Crippen LogP contribution >= 0.6 is 11.6 Å². The second-order valence-corrected chi connectivity index (χ2v) is 7.30. The second kappa shape index (κ2) is 7.58. The molecule has 0 bridgehead atoms. The van der Waals surface area contributed by atoms with Crippen molar-refractivity contribution in [1.82, 2.24) is 0 Å². The van der Waals surface area contributed by atoms with Gasteiger partial charge in [0.2, 0.25) is 0 Å². The van der Waals surface area contributed by atoms with Gasteiger partial charge >= 0.3 is 0 Å². The number of carbonyl (C=O) groups is 1. The monoisotopic (exact) mass is 373 g/mol. The minimum atomic E-state index is -0.105. The third-order valence-corrected chi connectivity index (χ3v) is 4.69. The highest BCUT2D eigenvalue weighted by Gasteiger charge is 2.25. The number of halogens is 1. The van der Waals surface area contributed by atoms with Crippen LogP contribution in [0.15, 0.2) is 30.3 Å². The molecule has 3 rings (SSSR count). The van der Waals surface area contributed by atoms with E-state index in [1.165, 1.54) is 0 Å². The van der Waals surface area contributed by atoms with E-state index in [4.69, 9.17) is 21.1 Å². The first-order valence-corrected chi connectivity index (χ1v) is 9.26. The molecule has 2 aromatic carbocycles. The molecule has 0 aliphatic carbocycles. The molecule has 0 aromatic heterocycles. The average Bonchev–Trinajstić information content (AvgIpc) is 2.83. The molecule has 138 valence electrons. The Morgan fingerprint density at radius 2 is 1.85 bits per heavy atom. The molecule has 1 heterocycles. The molecule has 0 unspecified atom stereocenters. The molecule has 26 heavy (non-hydrogen) atoms. The molecule has 0 atom stereocenters. The maximum Gasteiger partial charge on any atom is 0.258 e. The van der Waals surface area contributed by atoms with Crippen molar-refractivity contribution in [2.45, 2.75) is 40.2 Å². The molecule has 0 N–H and O–H groups in total. The van der Waals surface area contributed by atoms with Crippen molar-refractivity contribution in [2.24, 2.45) is 0 Å². The van der Waals surface area contributed by atoms with Crippen LogP contribution in [0.3, 0.4) is 0 Å². The quantitative estimate of drug-likeness (QED) is 0.744. The highest BCUT2D eigenvalue weighted by molar-refractivity contribution is 6.32. The van der Waals surface area contributed by atoms with Crippen molar-refractivity contribution >= 4 is 23.2 Å². The van der Waals surface area contributed by atoms with E-state index in [9.17, 15) is 4.79 Å². The Hall–Kier alpha value is -2.20. The van der Waals surface area contributed by atoms with Gasteiger partial charge in [-0.15, -0.1) is 0 Å². The molecule has 0 saturated heterocycles. The number of rotatable bonds is 3. The number of nitrogens with zero attached hydrogens (tertiary/aromatic N) is 1. The molecule has 1 aliphatic rings. The molecule has 0 fully saturated rings. The molecule has 2 aromatic rings. The van der Waals surface area contributed by atoms with Gasteiger partial charge in [0.1, 0.15) is 0 Å². The Bertz CT molecular complexity index is 832. The van der Waals surface area contributed by atoms with Crippen molar-refractivity contribution in [3.63, 3.8) is 0 Å². The van der Waals surface area contributed by atoms with Gasteiger partial charge in [-0.1, -0.05) is 23.7 Å². The van der Waals surface area contributed by atoms with Crippen LogP contribution in [-0.2, 0) is 0 Å². The van der Waals surface area contributed by atoms with Gasteiger partial charge in [-0.05, 0) is 57.0 Å². The maximum absolute atomic E-state index is 13.3. The first-order valence-electron chi connectivity index (χ1n) is 8.88. The Morgan fingerprint density at radius 1 is 1.12 bits per heavy atom. The molecular formula is C21H24ClNO3. The second-order valence-electron chi connectivity index (χ2n) is 6.89. The zero-order chi connectivity index (χ0) is 18.8. The normalized spacial score (nSPS) is 13.5. The Labute approximate surface area is 159 Å². The van der Waals surface area contributed by atoms with Gasteiger partial charge in [0.05, 0.1) is 18.2 Å². The largest absolute Gasteiger partial charge is 0.489 e. The number of hydrogen-bond acceptors (Lipinski definition) is 3. The average molecular weight is 374 g/mol. The van der Waals surface area contributed by atoms with Crippen LogP contribution in [0.2, 0.25) is 5.02 Å². The van der Waals surface area contributed by atoms with Crippen LogP contribution in [0, 0.1) is 13.8 Å². The van der Waals surface area contributed by atoms with Crippen LogP contribution in [0.1, 0.15) is 41.8 Å². The third kappa shape index (κ3) is 3.65. The van der Waals surface area contributed by atoms with E-state index >= 15 is 0 Å². The summed E-state index contributed by atoms with van der Waals surface area (Å²) in [7, 11) is 0. The first-order chi connectivity index (χ1) is 12.4. The zero-order valence-electron chi connectivity index (χ0n) is 15.6. The lowest BCUT2D eigenvalue weighted by Gasteiger charge is -2.29. The predicted octanol–water partition coefficient (Wildman–Crippen LogP) is 5.17. The van der Waals surface area contributed by atoms with Gasteiger partial charge in [-0.25, -0.2) is 0 Å². The Kier molecular flexibility index (Phi) is 5.42. The van der Waals surface area contributed by atoms with Crippen molar-refractivity contribution in [3.05, 3.63) is 52.0 Å². The van der Waals surface area contributed by atoms with E-state index in [0.717, 1.165) is 23.2 Å². The number of anilines is 1. The fraction of sp³-hybridized carbons (Fsp3) is 0.381. The summed E-state index contributed by atoms with van der Waals surface area (Å²) in [5.41, 5.74) is 3.57. The van der Waals surface area contributed by atoms with Gasteiger partial charge in [0.25, 0.3) is 5.91 Å². The summed E-state index contributed by atoms with van der Waals surface area (Å²) >= 11 is 6.37. The summed E-state index contributed by atoms with van der Waals surface area (Å²) in [6.45, 7) is 9.15. The van der Waals surface area contributed by atoms with Gasteiger partial charge in [-0.2, -0.15) is 0 Å². The highest BCUT2D eigenvalue weighted by atomic mass is 35.5. The van der Waals surface area contributed by atoms with E-state index in [2.05, 4.69) is 0 Å². The summed E-state index contributed by atoms with van der Waals surface area (Å²) in [4.78, 5) is 15.1. The smallest absolute Gasteiger partial charge is 0.258 e. The number of aryl methyl sites for hydroxylation is 2. The van der Waals surface area contributed by atoms with Crippen LogP contribution < -0.4 is 14.4 Å². The lowest BCUT2D eigenvalue weighted by Crippen LogP contribution is -2.37. The van der Waals surface area contributed by atoms with Crippen molar-refractivity contribution in [3.8, 4) is 11.5 Å². The minimum Gasteiger partial charge on any atom is -0.489 e. The molecule has 1 amide bonds. The minimum absolute atomic E-state index is 0.00208. The molecule has 0 saturated carbocycles. The molecule has 1 aliphatic heterocycles. The van der Waals surface area contributed by atoms with Crippen LogP contribution in [0.25, 0.3) is 0 Å². The SMILES string of the molecule is Cc1ccc(C)c(N(C(=O)c2cc(Cl)c3c(c2)OCCCO3)C(C)C)c1. The Balaban J connectivity index is 2.04. The van der Waals surface area contributed by atoms with Crippen LogP contribution in [0.4, 0.5) is 5.69 Å². The zero-order valence-corrected chi connectivity index (χ0v) is 16.4. The van der Waals surface area contributed by atoms with Gasteiger partial charge in [-0.3, -0.25) is 4.79 Å². The maximum atomic E-state index is 13.3. The number of amides is 1. The first kappa shape index (κ1) is 18.6. The third-order valence-electron chi connectivity index (χ3n) is 4.41. The predicted molar refractivity (Wildman–Crippen MR) is 105 cm³/mol. The van der Waals surface area contributed by atoms with E-state index in [1.807, 2.05) is 45.9 Å². The van der Waals surface area contributed by atoms with E-state index in [1.54, 1.807) is 17.0 Å². The van der Waals surface area contributed by atoms with Crippen molar-refractivity contribution in [1.29, 1.82) is 0 Å². The highest BCUT2D eigenvalue weighted by Crippen LogP contribution is 2.39. The standard InChI is InChI=1S/C21H24ClNO3/c1-13(2)23(18-10-14(3)6-7-15(18)4)21(24)16-11-17(22)20-19(12-16)25-8-5-9-26-20/h6-7,10-13H,5,8-9H2,1-4H3. The molecule has 0 spiro atoms. The number of benzene rings is 2. The van der Waals surface area contributed by atoms with Crippen LogP contribution in [-0.4, -0.2) is 25.2 Å². The van der Waals surface area contributed by atoms with Gasteiger partial charge < -0.3 is 14.4 Å². The molecule has 5 heteroatoms. The lowest BCUT2D eigenvalue weighted by atomic mass is 10.1. The van der Waals surface area contributed by atoms with E-state index in [0.29, 0.717) is 35.3 Å². The lowest BCUT2D eigenvalue weighted by molar-refractivity contribution is 0.0979. The van der Waals surface area contributed by atoms with Crippen molar-refractivity contribution in [2.75, 3.05) is 18.1 Å². The Morgan fingerprint density at radius 3 is 2.58 bits per heavy atom. The molecule has 4 nitrogen and oxygen atoms in total. The summed E-state index contributed by atoms with van der Waals surface area (Å²) < 4.78 is 11.4. The van der Waals surface area contributed by atoms with Gasteiger partial charge in [0.15, 0.2) is 11.5 Å². The fourth-order valence-corrected chi connectivity index (χ4v) is 3.36. The van der Waals surface area contributed by atoms with E-state index in [-0.39, 0.29) is 11.9 Å². The topological polar surface area (TPSA) is 38.8 Å². The molecular weight excluding hydrogens is 350 g/mol. The number of fused-ring (bicyclic) bond motifs is 1. The summed E-state index contributed by atoms with van der Waals surface area (Å²) in [5, 5.41) is 0.400. The summed E-state index contributed by atoms with van der Waals surface area (Å²) in [5.74, 6) is 0.942. The van der Waals surface area contributed by atoms with Crippen molar-refractivity contribution < 1.29 is 14.3 Å². The number of ether oxygens (including phenoxy) is 2. The van der Waals surface area contributed by atoms with Crippen LogP contribution in [0.5, 0.6) is 11.5 Å². The molecule has 0 radical (unpaired) electrons. The summed E-state index contributed by atoms with van der Waals surface area (Å²) in [6, 6.07) is 9.52. The fourth-order valence-electron chi connectivity index (χ4n) is 3.09. The van der Waals surface area contributed by atoms with Gasteiger partial charge in [0, 0.05) is 23.7 Å². The summed E-state index contributed by atoms with van der Waals surface area (Å²) in [6.07, 6.45) is 0.787. The van der Waals surface area contributed by atoms with E-state index < -0.39 is 0 Å². The number of carbonyl (C=O) groups excluding carboxylic acids is 1. The number of hydrogen-bond donors (Lipinski definition) is 0.